The van der Waals surface area contributed by atoms with E-state index in [1.807, 2.05) is 45.2 Å². The number of phenols is 1. The van der Waals surface area contributed by atoms with Gasteiger partial charge in [-0.2, -0.15) is 0 Å². The van der Waals surface area contributed by atoms with Crippen LogP contribution >= 0.6 is 45.2 Å². The third kappa shape index (κ3) is 6.12. The van der Waals surface area contributed by atoms with Crippen LogP contribution in [0, 0.1) is 18.8 Å². The Bertz CT molecular complexity index is 677. The quantitative estimate of drug-likeness (QED) is 0.479. The fourth-order valence-electron chi connectivity index (χ4n) is 1.71. The van der Waals surface area contributed by atoms with Gasteiger partial charge in [-0.05, 0) is 83.3 Å². The molecule has 2 aromatic carbocycles. The Balaban J connectivity index is 0.000000231. The van der Waals surface area contributed by atoms with Crippen molar-refractivity contribution in [3.63, 3.8) is 0 Å². The van der Waals surface area contributed by atoms with Gasteiger partial charge in [0, 0.05) is 14.7 Å². The summed E-state index contributed by atoms with van der Waals surface area (Å²) in [6.07, 6.45) is -1.63. The summed E-state index contributed by atoms with van der Waals surface area (Å²) < 4.78 is 27.2. The summed E-state index contributed by atoms with van der Waals surface area (Å²) in [7, 11) is 0. The van der Waals surface area contributed by atoms with Crippen molar-refractivity contribution < 1.29 is 24.1 Å². The number of aromatic hydroxyl groups is 1. The molecule has 0 amide bonds. The molecule has 126 valence electrons. The number of phenolic OH excluding ortho intramolecular Hbond substituents is 1. The number of hydrogen-bond donors (Lipinski definition) is 3. The molecule has 0 aromatic heterocycles. The Hall–Kier alpha value is -0.520. The van der Waals surface area contributed by atoms with E-state index in [0.717, 1.165) is 3.57 Å². The lowest BCUT2D eigenvalue weighted by molar-refractivity contribution is 0.193. The summed E-state index contributed by atoms with van der Waals surface area (Å²) >= 11 is 3.84. The van der Waals surface area contributed by atoms with Gasteiger partial charge >= 0.3 is 0 Å². The van der Waals surface area contributed by atoms with Crippen LogP contribution in [0.15, 0.2) is 30.3 Å². The predicted molar refractivity (Wildman–Crippen MR) is 101 cm³/mol. The van der Waals surface area contributed by atoms with Gasteiger partial charge in [-0.3, -0.25) is 0 Å². The van der Waals surface area contributed by atoms with Gasteiger partial charge in [0.05, 0.1) is 15.8 Å². The maximum atomic E-state index is 13.0. The summed E-state index contributed by atoms with van der Waals surface area (Å²) in [6, 6.07) is 7.20. The van der Waals surface area contributed by atoms with Crippen LogP contribution in [-0.2, 0) is 0 Å². The van der Waals surface area contributed by atoms with Crippen molar-refractivity contribution in [2.45, 2.75) is 26.1 Å². The summed E-state index contributed by atoms with van der Waals surface area (Å²) in [6.45, 7) is 3.00. The molecule has 0 heterocycles. The van der Waals surface area contributed by atoms with Crippen LogP contribution in [0.3, 0.4) is 0 Å². The number of rotatable bonds is 2. The van der Waals surface area contributed by atoms with E-state index in [9.17, 15) is 13.9 Å². The molecule has 23 heavy (non-hydrogen) atoms. The Morgan fingerprint density at radius 1 is 0.870 bits per heavy atom. The Labute approximate surface area is 160 Å². The third-order valence-electron chi connectivity index (χ3n) is 2.93. The van der Waals surface area contributed by atoms with E-state index in [1.165, 1.54) is 25.1 Å². The molecule has 2 rings (SSSR count). The van der Waals surface area contributed by atoms with E-state index < -0.39 is 18.0 Å². The minimum Gasteiger partial charge on any atom is -0.507 e. The molecule has 0 spiro atoms. The fraction of sp³-hybridized carbons (Fsp3) is 0.250. The average molecular weight is 548 g/mol. The lowest BCUT2D eigenvalue weighted by atomic mass is 10.1. The molecule has 0 saturated heterocycles. The highest BCUT2D eigenvalue weighted by Crippen LogP contribution is 2.26. The topological polar surface area (TPSA) is 60.7 Å². The number of aliphatic hydroxyl groups excluding tert-OH is 2. The molecule has 0 aliphatic heterocycles. The van der Waals surface area contributed by atoms with Crippen LogP contribution in [0.5, 0.6) is 5.75 Å². The molecule has 0 aliphatic carbocycles. The number of aliphatic hydroxyl groups is 2. The van der Waals surface area contributed by atoms with Gasteiger partial charge in [0.2, 0.25) is 0 Å². The Morgan fingerprint density at radius 3 is 1.87 bits per heavy atom. The van der Waals surface area contributed by atoms with E-state index in [4.69, 9.17) is 10.2 Å². The first-order valence-electron chi connectivity index (χ1n) is 6.62. The van der Waals surface area contributed by atoms with Gasteiger partial charge in [-0.1, -0.05) is 6.07 Å². The van der Waals surface area contributed by atoms with Crippen molar-refractivity contribution in [2.24, 2.45) is 0 Å². The highest BCUT2D eigenvalue weighted by molar-refractivity contribution is 14.1. The van der Waals surface area contributed by atoms with Crippen molar-refractivity contribution in [1.82, 2.24) is 0 Å². The van der Waals surface area contributed by atoms with Crippen molar-refractivity contribution in [3.05, 3.63) is 60.2 Å². The van der Waals surface area contributed by atoms with Crippen molar-refractivity contribution >= 4 is 45.2 Å². The van der Waals surface area contributed by atoms with Gasteiger partial charge in [0.1, 0.15) is 17.4 Å². The van der Waals surface area contributed by atoms with Crippen molar-refractivity contribution in [2.75, 3.05) is 0 Å². The standard InChI is InChI=1S/C8H8FIO2.C8H8FIO/c1-4(11)5-2-8(12)7(10)3-6(5)9;1-5(11)7-3-2-6(10)4-8(7)9/h2-4,11-12H,1H3;2-5,11H,1H3. The van der Waals surface area contributed by atoms with Crippen LogP contribution in [0.1, 0.15) is 37.2 Å². The molecule has 0 fully saturated rings. The molecule has 2 aromatic rings. The lowest BCUT2D eigenvalue weighted by Crippen LogP contribution is -1.96. The molecule has 3 nitrogen and oxygen atoms in total. The van der Waals surface area contributed by atoms with E-state index in [0.29, 0.717) is 9.13 Å². The maximum Gasteiger partial charge on any atom is 0.130 e. The predicted octanol–water partition coefficient (Wildman–Crippen LogP) is 4.67. The summed E-state index contributed by atoms with van der Waals surface area (Å²) in [5.41, 5.74) is 0.471. The molecule has 7 heteroatoms. The zero-order valence-electron chi connectivity index (χ0n) is 12.4. The first-order chi connectivity index (χ1) is 10.6. The van der Waals surface area contributed by atoms with Crippen LogP contribution < -0.4 is 0 Å². The fourth-order valence-corrected chi connectivity index (χ4v) is 2.60. The van der Waals surface area contributed by atoms with Crippen molar-refractivity contribution in [1.29, 1.82) is 0 Å². The molecule has 0 bridgehead atoms. The van der Waals surface area contributed by atoms with E-state index in [-0.39, 0.29) is 17.1 Å². The first-order valence-corrected chi connectivity index (χ1v) is 8.78. The molecule has 3 N–H and O–H groups in total. The Kier molecular flexibility index (Phi) is 8.11. The summed E-state index contributed by atoms with van der Waals surface area (Å²) in [5, 5.41) is 27.3. The van der Waals surface area contributed by atoms with Crippen LogP contribution in [-0.4, -0.2) is 15.3 Å². The van der Waals surface area contributed by atoms with Gasteiger partial charge in [0.25, 0.3) is 0 Å². The monoisotopic (exact) mass is 548 g/mol. The second-order valence-corrected chi connectivity index (χ2v) is 7.25. The minimum atomic E-state index is -0.895. The van der Waals surface area contributed by atoms with Gasteiger partial charge in [0.15, 0.2) is 0 Å². The van der Waals surface area contributed by atoms with Gasteiger partial charge in [-0.25, -0.2) is 8.78 Å². The average Bonchev–Trinajstić information content (AvgIpc) is 2.42. The van der Waals surface area contributed by atoms with E-state index >= 15 is 0 Å². The number of hydrogen-bond acceptors (Lipinski definition) is 3. The number of benzene rings is 2. The molecule has 2 atom stereocenters. The molecule has 0 saturated carbocycles. The van der Waals surface area contributed by atoms with Crippen LogP contribution in [0.4, 0.5) is 8.78 Å². The Morgan fingerprint density at radius 2 is 1.39 bits per heavy atom. The molecular formula is C16H16F2I2O3. The maximum absolute atomic E-state index is 13.0. The molecular weight excluding hydrogens is 532 g/mol. The molecule has 2 unspecified atom stereocenters. The minimum absolute atomic E-state index is 0.00657. The largest absolute Gasteiger partial charge is 0.507 e. The highest BCUT2D eigenvalue weighted by atomic mass is 127. The van der Waals surface area contributed by atoms with Gasteiger partial charge in [-0.15, -0.1) is 0 Å². The van der Waals surface area contributed by atoms with Crippen LogP contribution in [0.2, 0.25) is 0 Å². The second-order valence-electron chi connectivity index (χ2n) is 4.84. The SMILES string of the molecule is CC(O)c1cc(O)c(I)cc1F.CC(O)c1ccc(I)cc1F. The molecule has 0 radical (unpaired) electrons. The van der Waals surface area contributed by atoms with E-state index in [1.54, 1.807) is 19.1 Å². The second kappa shape index (κ2) is 9.09. The van der Waals surface area contributed by atoms with Crippen LogP contribution in [0.25, 0.3) is 0 Å². The third-order valence-corrected chi connectivity index (χ3v) is 4.46. The number of halogens is 4. The highest BCUT2D eigenvalue weighted by Gasteiger charge is 2.11. The smallest absolute Gasteiger partial charge is 0.130 e. The zero-order chi connectivity index (χ0) is 17.7. The summed E-state index contributed by atoms with van der Waals surface area (Å²) in [4.78, 5) is 0. The van der Waals surface area contributed by atoms with Gasteiger partial charge < -0.3 is 15.3 Å². The normalized spacial score (nSPS) is 13.0. The molecule has 0 aliphatic rings. The lowest BCUT2D eigenvalue weighted by Gasteiger charge is -2.07. The first kappa shape index (κ1) is 20.5. The zero-order valence-corrected chi connectivity index (χ0v) is 16.7. The van der Waals surface area contributed by atoms with Crippen molar-refractivity contribution in [3.8, 4) is 5.75 Å². The van der Waals surface area contributed by atoms with E-state index in [2.05, 4.69) is 0 Å². The summed E-state index contributed by atoms with van der Waals surface area (Å²) in [5.74, 6) is -0.841.